The highest BCUT2D eigenvalue weighted by atomic mass is 35.5. The maximum absolute atomic E-state index is 12.4. The summed E-state index contributed by atoms with van der Waals surface area (Å²) < 4.78 is 1.67. The van der Waals surface area contributed by atoms with Gasteiger partial charge in [0.1, 0.15) is 11.0 Å². The van der Waals surface area contributed by atoms with Crippen molar-refractivity contribution in [3.05, 3.63) is 17.2 Å². The lowest BCUT2D eigenvalue weighted by atomic mass is 10.0. The highest BCUT2D eigenvalue weighted by molar-refractivity contribution is 6.29. The van der Waals surface area contributed by atoms with E-state index in [9.17, 15) is 9.59 Å². The van der Waals surface area contributed by atoms with E-state index in [1.165, 1.54) is 6.20 Å². The number of piperidine rings is 1. The third-order valence-corrected chi connectivity index (χ3v) is 4.85. The summed E-state index contributed by atoms with van der Waals surface area (Å²) in [5, 5.41) is 9.21. The van der Waals surface area contributed by atoms with Gasteiger partial charge < -0.3 is 19.5 Å². The van der Waals surface area contributed by atoms with Crippen LogP contribution >= 0.6 is 11.6 Å². The van der Waals surface area contributed by atoms with Crippen molar-refractivity contribution in [3.8, 4) is 0 Å². The first-order chi connectivity index (χ1) is 11.4. The van der Waals surface area contributed by atoms with Gasteiger partial charge in [0.05, 0.1) is 12.6 Å². The first-order valence-electron chi connectivity index (χ1n) is 8.24. The van der Waals surface area contributed by atoms with Gasteiger partial charge in [-0.1, -0.05) is 11.6 Å². The molecule has 1 aliphatic heterocycles. The molecule has 2 rings (SSSR count). The second-order valence-corrected chi connectivity index (χ2v) is 6.76. The van der Waals surface area contributed by atoms with Gasteiger partial charge in [-0.25, -0.2) is 4.98 Å². The van der Waals surface area contributed by atoms with Crippen LogP contribution in [0.5, 0.6) is 0 Å². The second kappa shape index (κ2) is 8.48. The van der Waals surface area contributed by atoms with Gasteiger partial charge in [0.2, 0.25) is 5.91 Å². The Kier molecular flexibility index (Phi) is 6.62. The summed E-state index contributed by atoms with van der Waals surface area (Å²) >= 11 is 6.05. The number of hydrogen-bond acceptors (Lipinski definition) is 4. The molecular weight excluding hydrogens is 332 g/mol. The van der Waals surface area contributed by atoms with Gasteiger partial charge in [-0.05, 0) is 26.9 Å². The Morgan fingerprint density at radius 1 is 1.33 bits per heavy atom. The van der Waals surface area contributed by atoms with Crippen LogP contribution in [0.1, 0.15) is 31.5 Å². The minimum absolute atomic E-state index is 0.0188. The average Bonchev–Trinajstić information content (AvgIpc) is 2.90. The van der Waals surface area contributed by atoms with Gasteiger partial charge in [-0.15, -0.1) is 0 Å². The number of hydrogen-bond donors (Lipinski definition) is 1. The SMILES string of the molecule is CN(C)C1CCN(C(=O)CCc2ncc(Cl)n2CCC(=O)O)CC1. The smallest absolute Gasteiger partial charge is 0.305 e. The summed E-state index contributed by atoms with van der Waals surface area (Å²) in [5.41, 5.74) is 0. The number of aromatic nitrogens is 2. The number of halogens is 1. The molecule has 24 heavy (non-hydrogen) atoms. The fraction of sp³-hybridized carbons (Fsp3) is 0.688. The molecular formula is C16H25ClN4O3. The van der Waals surface area contributed by atoms with Crippen LogP contribution in [0.15, 0.2) is 6.20 Å². The molecule has 1 N–H and O–H groups in total. The molecule has 8 heteroatoms. The normalized spacial score (nSPS) is 15.9. The first kappa shape index (κ1) is 18.7. The van der Waals surface area contributed by atoms with E-state index < -0.39 is 5.97 Å². The van der Waals surface area contributed by atoms with E-state index in [4.69, 9.17) is 16.7 Å². The topological polar surface area (TPSA) is 78.7 Å². The second-order valence-electron chi connectivity index (χ2n) is 6.37. The molecule has 2 heterocycles. The van der Waals surface area contributed by atoms with E-state index in [0.717, 1.165) is 25.9 Å². The lowest BCUT2D eigenvalue weighted by Gasteiger charge is -2.35. The number of carboxylic acids is 1. The molecule has 134 valence electrons. The molecule has 1 saturated heterocycles. The van der Waals surface area contributed by atoms with Crippen LogP contribution in [0, 0.1) is 0 Å². The van der Waals surface area contributed by atoms with Crippen molar-refractivity contribution < 1.29 is 14.7 Å². The Balaban J connectivity index is 1.85. The van der Waals surface area contributed by atoms with Crippen LogP contribution in [0.4, 0.5) is 0 Å². The zero-order valence-corrected chi connectivity index (χ0v) is 15.0. The molecule has 0 spiro atoms. The zero-order chi connectivity index (χ0) is 17.7. The molecule has 0 atom stereocenters. The number of carboxylic acid groups (broad SMARTS) is 1. The van der Waals surface area contributed by atoms with Crippen molar-refractivity contribution in [1.82, 2.24) is 19.4 Å². The highest BCUT2D eigenvalue weighted by Gasteiger charge is 2.24. The van der Waals surface area contributed by atoms with E-state index in [-0.39, 0.29) is 18.9 Å². The Morgan fingerprint density at radius 3 is 2.58 bits per heavy atom. The molecule has 1 aromatic heterocycles. The number of rotatable bonds is 7. The number of amides is 1. The molecule has 0 radical (unpaired) electrons. The predicted molar refractivity (Wildman–Crippen MR) is 91.1 cm³/mol. The number of likely N-dealkylation sites (tertiary alicyclic amines) is 1. The average molecular weight is 357 g/mol. The summed E-state index contributed by atoms with van der Waals surface area (Å²) in [4.78, 5) is 31.4. The minimum atomic E-state index is -0.884. The molecule has 1 aliphatic rings. The van der Waals surface area contributed by atoms with Crippen molar-refractivity contribution in [3.63, 3.8) is 0 Å². The summed E-state index contributed by atoms with van der Waals surface area (Å²) in [5.74, 6) is -0.0977. The maximum atomic E-state index is 12.4. The van der Waals surface area contributed by atoms with Gasteiger partial charge in [-0.2, -0.15) is 0 Å². The maximum Gasteiger partial charge on any atom is 0.305 e. The number of aryl methyl sites for hydroxylation is 1. The molecule has 7 nitrogen and oxygen atoms in total. The molecule has 0 aromatic carbocycles. The monoisotopic (exact) mass is 356 g/mol. The lowest BCUT2D eigenvalue weighted by Crippen LogP contribution is -2.44. The Morgan fingerprint density at radius 2 is 2.00 bits per heavy atom. The third kappa shape index (κ3) is 4.95. The predicted octanol–water partition coefficient (Wildman–Crippen LogP) is 1.50. The summed E-state index contributed by atoms with van der Waals surface area (Å²) in [6.45, 7) is 1.84. The quantitative estimate of drug-likeness (QED) is 0.801. The van der Waals surface area contributed by atoms with Crippen LogP contribution in [-0.2, 0) is 22.6 Å². The van der Waals surface area contributed by atoms with Gasteiger partial charge >= 0.3 is 5.97 Å². The van der Waals surface area contributed by atoms with Crippen molar-refractivity contribution in [2.75, 3.05) is 27.2 Å². The number of aliphatic carboxylic acids is 1. The number of imidazole rings is 1. The first-order valence-corrected chi connectivity index (χ1v) is 8.62. The number of carbonyl (C=O) groups is 2. The Labute approximate surface area is 147 Å². The largest absolute Gasteiger partial charge is 0.481 e. The molecule has 0 aliphatic carbocycles. The van der Waals surface area contributed by atoms with Gasteiger partial charge in [0.25, 0.3) is 0 Å². The fourth-order valence-electron chi connectivity index (χ4n) is 3.04. The Bertz CT molecular complexity index is 580. The van der Waals surface area contributed by atoms with Crippen LogP contribution in [0.2, 0.25) is 5.15 Å². The zero-order valence-electron chi connectivity index (χ0n) is 14.2. The molecule has 0 unspecified atom stereocenters. The summed E-state index contributed by atoms with van der Waals surface area (Å²) in [7, 11) is 4.14. The van der Waals surface area contributed by atoms with E-state index in [1.54, 1.807) is 4.57 Å². The summed E-state index contributed by atoms with van der Waals surface area (Å²) in [6, 6.07) is 0.544. The molecule has 0 saturated carbocycles. The van der Waals surface area contributed by atoms with E-state index in [2.05, 4.69) is 24.0 Å². The minimum Gasteiger partial charge on any atom is -0.481 e. The van der Waals surface area contributed by atoms with Crippen molar-refractivity contribution >= 4 is 23.5 Å². The van der Waals surface area contributed by atoms with Crippen molar-refractivity contribution in [2.24, 2.45) is 0 Å². The molecule has 0 bridgehead atoms. The standard InChI is InChI=1S/C16H25ClN4O3/c1-19(2)12-5-8-20(9-6-12)15(22)4-3-14-18-11-13(17)21(14)10-7-16(23)24/h11-12H,3-10H2,1-2H3,(H,23,24). The van der Waals surface area contributed by atoms with Crippen molar-refractivity contribution in [1.29, 1.82) is 0 Å². The molecule has 1 amide bonds. The van der Waals surface area contributed by atoms with E-state index >= 15 is 0 Å². The molecule has 1 fully saturated rings. The highest BCUT2D eigenvalue weighted by Crippen LogP contribution is 2.17. The molecule has 1 aromatic rings. The summed E-state index contributed by atoms with van der Waals surface area (Å²) in [6.07, 6.45) is 4.32. The van der Waals surface area contributed by atoms with Crippen LogP contribution in [0.3, 0.4) is 0 Å². The lowest BCUT2D eigenvalue weighted by molar-refractivity contribution is -0.137. The van der Waals surface area contributed by atoms with Crippen LogP contribution < -0.4 is 0 Å². The fourth-order valence-corrected chi connectivity index (χ4v) is 3.27. The number of nitrogens with zero attached hydrogens (tertiary/aromatic N) is 4. The van der Waals surface area contributed by atoms with Gasteiger partial charge in [0, 0.05) is 38.5 Å². The van der Waals surface area contributed by atoms with Crippen LogP contribution in [-0.4, -0.2) is 69.6 Å². The van der Waals surface area contributed by atoms with E-state index in [1.807, 2.05) is 4.90 Å². The number of carbonyl (C=O) groups excluding carboxylic acids is 1. The van der Waals surface area contributed by atoms with Gasteiger partial charge in [-0.3, -0.25) is 9.59 Å². The van der Waals surface area contributed by atoms with Crippen molar-refractivity contribution in [2.45, 2.75) is 44.7 Å². The third-order valence-electron chi connectivity index (χ3n) is 4.55. The van der Waals surface area contributed by atoms with E-state index in [0.29, 0.717) is 29.9 Å². The van der Waals surface area contributed by atoms with Gasteiger partial charge in [0.15, 0.2) is 0 Å². The Hall–Kier alpha value is -1.60. The van der Waals surface area contributed by atoms with Crippen LogP contribution in [0.25, 0.3) is 0 Å².